The third kappa shape index (κ3) is 9.27. The maximum atomic E-state index is 10.3. The predicted molar refractivity (Wildman–Crippen MR) is 105 cm³/mol. The van der Waals surface area contributed by atoms with Gasteiger partial charge in [0.05, 0.1) is 12.2 Å². The van der Waals surface area contributed by atoms with E-state index in [0.29, 0.717) is 5.75 Å². The van der Waals surface area contributed by atoms with Crippen LogP contribution in [0.15, 0.2) is 18.2 Å². The van der Waals surface area contributed by atoms with Crippen LogP contribution in [0.25, 0.3) is 0 Å². The Morgan fingerprint density at radius 3 is 1.96 bits per heavy atom. The Balaban J connectivity index is 2.55. The first-order valence-corrected chi connectivity index (χ1v) is 10.1. The third-order valence-corrected chi connectivity index (χ3v) is 4.55. The van der Waals surface area contributed by atoms with Crippen LogP contribution >= 0.6 is 0 Å². The van der Waals surface area contributed by atoms with E-state index >= 15 is 0 Å². The minimum Gasteiger partial charge on any atom is -0.508 e. The Morgan fingerprint density at radius 2 is 1.40 bits per heavy atom. The van der Waals surface area contributed by atoms with Crippen molar-refractivity contribution in [3.05, 3.63) is 29.3 Å². The molecule has 1 aromatic rings. The molecular weight excluding hydrogens is 312 g/mol. The molecule has 0 spiro atoms. The summed E-state index contributed by atoms with van der Waals surface area (Å²) in [7, 11) is 0. The van der Waals surface area contributed by atoms with Gasteiger partial charge >= 0.3 is 0 Å². The largest absolute Gasteiger partial charge is 0.508 e. The summed E-state index contributed by atoms with van der Waals surface area (Å²) in [5.74, 6) is 0.375. The van der Waals surface area contributed by atoms with Gasteiger partial charge in [-0.1, -0.05) is 51.7 Å². The average Bonchev–Trinajstić information content (AvgIpc) is 2.59. The molecular formula is C22H38O3. The number of phenols is 1. The Kier molecular flexibility index (Phi) is 11.6. The summed E-state index contributed by atoms with van der Waals surface area (Å²) in [6, 6.07) is 5.80. The lowest BCUT2D eigenvalue weighted by molar-refractivity contribution is 0.0596. The van der Waals surface area contributed by atoms with Crippen molar-refractivity contribution in [1.82, 2.24) is 0 Å². The number of aromatic hydroxyl groups is 1. The summed E-state index contributed by atoms with van der Waals surface area (Å²) in [5.41, 5.74) is 2.18. The SMILES string of the molecule is CCCCCOC(C)Cc1cccc(O)c1CC(C)OCCCCC. The molecule has 25 heavy (non-hydrogen) atoms. The first-order valence-electron chi connectivity index (χ1n) is 10.1. The number of hydrogen-bond acceptors (Lipinski definition) is 3. The second-order valence-electron chi connectivity index (χ2n) is 7.10. The van der Waals surface area contributed by atoms with Crippen molar-refractivity contribution in [2.24, 2.45) is 0 Å². The van der Waals surface area contributed by atoms with E-state index in [2.05, 4.69) is 33.8 Å². The molecule has 2 atom stereocenters. The molecule has 0 aliphatic heterocycles. The molecule has 3 heteroatoms. The van der Waals surface area contributed by atoms with Crippen molar-refractivity contribution < 1.29 is 14.6 Å². The molecule has 0 aliphatic rings. The molecule has 1 N–H and O–H groups in total. The molecule has 0 aliphatic carbocycles. The quantitative estimate of drug-likeness (QED) is 0.439. The molecule has 0 amide bonds. The molecule has 1 aromatic carbocycles. The molecule has 0 saturated heterocycles. The second-order valence-corrected chi connectivity index (χ2v) is 7.10. The Bertz CT molecular complexity index is 459. The summed E-state index contributed by atoms with van der Waals surface area (Å²) in [4.78, 5) is 0. The molecule has 0 saturated carbocycles. The molecule has 2 unspecified atom stereocenters. The van der Waals surface area contributed by atoms with Gasteiger partial charge < -0.3 is 14.6 Å². The maximum Gasteiger partial charge on any atom is 0.119 e. The van der Waals surface area contributed by atoms with Crippen LogP contribution in [0.1, 0.15) is 77.3 Å². The number of ether oxygens (including phenoxy) is 2. The molecule has 3 nitrogen and oxygen atoms in total. The Labute approximate surface area is 154 Å². The number of phenolic OH excluding ortho intramolecular Hbond substituents is 1. The summed E-state index contributed by atoms with van der Waals surface area (Å²) < 4.78 is 11.8. The number of hydrogen-bond donors (Lipinski definition) is 1. The fraction of sp³-hybridized carbons (Fsp3) is 0.727. The highest BCUT2D eigenvalue weighted by molar-refractivity contribution is 5.40. The van der Waals surface area contributed by atoms with E-state index in [-0.39, 0.29) is 12.2 Å². The first kappa shape index (κ1) is 22.0. The van der Waals surface area contributed by atoms with Crippen LogP contribution in [0.5, 0.6) is 5.75 Å². The fourth-order valence-corrected chi connectivity index (χ4v) is 3.04. The van der Waals surface area contributed by atoms with E-state index in [1.807, 2.05) is 6.07 Å². The zero-order valence-corrected chi connectivity index (χ0v) is 16.7. The summed E-state index contributed by atoms with van der Waals surface area (Å²) in [6.07, 6.45) is 8.94. The van der Waals surface area contributed by atoms with Crippen LogP contribution < -0.4 is 0 Å². The lowest BCUT2D eigenvalue weighted by Crippen LogP contribution is -2.17. The van der Waals surface area contributed by atoms with Gasteiger partial charge in [0, 0.05) is 19.6 Å². The zero-order valence-electron chi connectivity index (χ0n) is 16.7. The van der Waals surface area contributed by atoms with Crippen molar-refractivity contribution in [1.29, 1.82) is 0 Å². The van der Waals surface area contributed by atoms with E-state index in [0.717, 1.165) is 44.5 Å². The van der Waals surface area contributed by atoms with E-state index in [9.17, 15) is 5.11 Å². The van der Waals surface area contributed by atoms with E-state index < -0.39 is 0 Å². The molecule has 0 radical (unpaired) electrons. The lowest BCUT2D eigenvalue weighted by atomic mass is 9.97. The van der Waals surface area contributed by atoms with E-state index in [1.54, 1.807) is 6.07 Å². The minimum absolute atomic E-state index is 0.115. The van der Waals surface area contributed by atoms with Gasteiger partial charge in [-0.25, -0.2) is 0 Å². The number of benzene rings is 1. The van der Waals surface area contributed by atoms with E-state index in [1.165, 1.54) is 31.2 Å². The first-order chi connectivity index (χ1) is 12.1. The average molecular weight is 351 g/mol. The predicted octanol–water partition coefficient (Wildman–Crippen LogP) is 5.67. The van der Waals surface area contributed by atoms with Crippen LogP contribution in [0.2, 0.25) is 0 Å². The van der Waals surface area contributed by atoms with Crippen molar-refractivity contribution in [3.63, 3.8) is 0 Å². The van der Waals surface area contributed by atoms with Crippen molar-refractivity contribution in [2.45, 2.75) is 91.3 Å². The third-order valence-electron chi connectivity index (χ3n) is 4.55. The van der Waals surface area contributed by atoms with Crippen LogP contribution in [-0.4, -0.2) is 30.5 Å². The topological polar surface area (TPSA) is 38.7 Å². The smallest absolute Gasteiger partial charge is 0.119 e. The van der Waals surface area contributed by atoms with Crippen LogP contribution in [0, 0.1) is 0 Å². The standard InChI is InChI=1S/C22H38O3/c1-5-7-9-14-24-18(3)16-20-12-11-13-22(23)21(20)17-19(4)25-15-10-8-6-2/h11-13,18-19,23H,5-10,14-17H2,1-4H3. The lowest BCUT2D eigenvalue weighted by Gasteiger charge is -2.19. The molecule has 0 aromatic heterocycles. The molecule has 1 rings (SSSR count). The van der Waals surface area contributed by atoms with Gasteiger partial charge in [0.2, 0.25) is 0 Å². The summed E-state index contributed by atoms with van der Waals surface area (Å²) in [6.45, 7) is 10.2. The van der Waals surface area contributed by atoms with Gasteiger partial charge in [-0.2, -0.15) is 0 Å². The highest BCUT2D eigenvalue weighted by Crippen LogP contribution is 2.25. The molecule has 144 valence electrons. The van der Waals surface area contributed by atoms with Crippen LogP contribution in [0.3, 0.4) is 0 Å². The van der Waals surface area contributed by atoms with Gasteiger partial charge in [-0.15, -0.1) is 0 Å². The van der Waals surface area contributed by atoms with Crippen LogP contribution in [-0.2, 0) is 22.3 Å². The fourth-order valence-electron chi connectivity index (χ4n) is 3.04. The van der Waals surface area contributed by atoms with Crippen LogP contribution in [0.4, 0.5) is 0 Å². The summed E-state index contributed by atoms with van der Waals surface area (Å²) in [5, 5.41) is 10.3. The maximum absolute atomic E-state index is 10.3. The van der Waals surface area contributed by atoms with Gasteiger partial charge in [0.15, 0.2) is 0 Å². The Morgan fingerprint density at radius 1 is 0.840 bits per heavy atom. The van der Waals surface area contributed by atoms with Crippen molar-refractivity contribution >= 4 is 0 Å². The van der Waals surface area contributed by atoms with Crippen molar-refractivity contribution in [3.8, 4) is 5.75 Å². The highest BCUT2D eigenvalue weighted by atomic mass is 16.5. The number of rotatable bonds is 14. The molecule has 0 fully saturated rings. The molecule has 0 bridgehead atoms. The van der Waals surface area contributed by atoms with E-state index in [4.69, 9.17) is 9.47 Å². The minimum atomic E-state index is 0.115. The Hall–Kier alpha value is -1.06. The zero-order chi connectivity index (χ0) is 18.5. The highest BCUT2D eigenvalue weighted by Gasteiger charge is 2.14. The monoisotopic (exact) mass is 350 g/mol. The van der Waals surface area contributed by atoms with Gasteiger partial charge in [0.25, 0.3) is 0 Å². The molecule has 0 heterocycles. The van der Waals surface area contributed by atoms with Crippen molar-refractivity contribution in [2.75, 3.05) is 13.2 Å². The summed E-state index contributed by atoms with van der Waals surface area (Å²) >= 11 is 0. The normalized spacial score (nSPS) is 13.8. The second kappa shape index (κ2) is 13.2. The van der Waals surface area contributed by atoms with Gasteiger partial charge in [-0.3, -0.25) is 0 Å². The number of unbranched alkanes of at least 4 members (excludes halogenated alkanes) is 4. The van der Waals surface area contributed by atoms with Gasteiger partial charge in [0.1, 0.15) is 5.75 Å². The van der Waals surface area contributed by atoms with Gasteiger partial charge in [-0.05, 0) is 50.3 Å².